The SMILES string of the molecule is Fc1ccc(CN2CCCC2Cn2cncn2)c2ncccc12. The van der Waals surface area contributed by atoms with E-state index >= 15 is 0 Å². The maximum atomic E-state index is 13.9. The summed E-state index contributed by atoms with van der Waals surface area (Å²) in [5.41, 5.74) is 1.84. The van der Waals surface area contributed by atoms with Crippen LogP contribution in [0.1, 0.15) is 18.4 Å². The predicted octanol–water partition coefficient (Wildman–Crippen LogP) is 2.63. The standard InChI is InChI=1S/C17H18FN5/c18-16-6-5-13(17-15(16)4-1-7-20-17)9-22-8-2-3-14(22)10-23-12-19-11-21-23/h1,4-7,11-12,14H,2-3,8-10H2. The minimum Gasteiger partial charge on any atom is -0.294 e. The zero-order valence-corrected chi connectivity index (χ0v) is 12.8. The van der Waals surface area contributed by atoms with Gasteiger partial charge in [-0.05, 0) is 43.1 Å². The van der Waals surface area contributed by atoms with Crippen molar-refractivity contribution in [3.05, 3.63) is 54.5 Å². The minimum absolute atomic E-state index is 0.211. The first-order chi connectivity index (χ1) is 11.3. The molecule has 3 aromatic rings. The minimum atomic E-state index is -0.211. The van der Waals surface area contributed by atoms with Crippen molar-refractivity contribution in [3.8, 4) is 0 Å². The Kier molecular flexibility index (Phi) is 3.75. The maximum Gasteiger partial charge on any atom is 0.137 e. The molecule has 23 heavy (non-hydrogen) atoms. The maximum absolute atomic E-state index is 13.9. The Hall–Kier alpha value is -2.34. The second-order valence-corrected chi connectivity index (χ2v) is 5.99. The van der Waals surface area contributed by atoms with Crippen LogP contribution in [0.15, 0.2) is 43.1 Å². The zero-order chi connectivity index (χ0) is 15.6. The Morgan fingerprint density at radius 1 is 1.26 bits per heavy atom. The summed E-state index contributed by atoms with van der Waals surface area (Å²) in [7, 11) is 0. The van der Waals surface area contributed by atoms with Crippen molar-refractivity contribution in [2.24, 2.45) is 0 Å². The number of halogens is 1. The molecule has 1 aliphatic rings. The van der Waals surface area contributed by atoms with Gasteiger partial charge in [-0.3, -0.25) is 14.6 Å². The highest BCUT2D eigenvalue weighted by atomic mass is 19.1. The lowest BCUT2D eigenvalue weighted by atomic mass is 10.1. The molecule has 1 fully saturated rings. The molecule has 2 aromatic heterocycles. The Labute approximate surface area is 133 Å². The first-order valence-corrected chi connectivity index (χ1v) is 7.90. The fourth-order valence-corrected chi connectivity index (χ4v) is 3.40. The highest BCUT2D eigenvalue weighted by Gasteiger charge is 2.25. The van der Waals surface area contributed by atoms with Gasteiger partial charge in [-0.15, -0.1) is 0 Å². The van der Waals surface area contributed by atoms with E-state index in [2.05, 4.69) is 20.0 Å². The number of fused-ring (bicyclic) bond motifs is 1. The molecule has 3 heterocycles. The number of hydrogen-bond acceptors (Lipinski definition) is 4. The largest absolute Gasteiger partial charge is 0.294 e. The van der Waals surface area contributed by atoms with E-state index in [9.17, 15) is 4.39 Å². The summed E-state index contributed by atoms with van der Waals surface area (Å²) in [6.45, 7) is 2.67. The molecule has 118 valence electrons. The molecule has 1 aromatic carbocycles. The molecule has 0 saturated carbocycles. The van der Waals surface area contributed by atoms with Gasteiger partial charge in [-0.1, -0.05) is 6.07 Å². The molecular formula is C17H18FN5. The fraction of sp³-hybridized carbons (Fsp3) is 0.353. The van der Waals surface area contributed by atoms with Gasteiger partial charge in [0.2, 0.25) is 0 Å². The van der Waals surface area contributed by atoms with Gasteiger partial charge >= 0.3 is 0 Å². The van der Waals surface area contributed by atoms with Crippen molar-refractivity contribution in [1.29, 1.82) is 0 Å². The van der Waals surface area contributed by atoms with Crippen molar-refractivity contribution in [1.82, 2.24) is 24.6 Å². The number of pyridine rings is 1. The highest BCUT2D eigenvalue weighted by molar-refractivity contribution is 5.82. The molecule has 0 spiro atoms. The van der Waals surface area contributed by atoms with Crippen LogP contribution in [-0.2, 0) is 13.1 Å². The molecule has 0 bridgehead atoms. The van der Waals surface area contributed by atoms with Crippen LogP contribution in [0, 0.1) is 5.82 Å². The Morgan fingerprint density at radius 3 is 3.09 bits per heavy atom. The first-order valence-electron chi connectivity index (χ1n) is 7.90. The van der Waals surface area contributed by atoms with Crippen LogP contribution in [0.25, 0.3) is 10.9 Å². The van der Waals surface area contributed by atoms with E-state index in [-0.39, 0.29) is 5.82 Å². The van der Waals surface area contributed by atoms with E-state index in [0.717, 1.165) is 37.1 Å². The smallest absolute Gasteiger partial charge is 0.137 e. The quantitative estimate of drug-likeness (QED) is 0.743. The van der Waals surface area contributed by atoms with Crippen LogP contribution in [0.5, 0.6) is 0 Å². The van der Waals surface area contributed by atoms with Gasteiger partial charge in [0.15, 0.2) is 0 Å². The highest BCUT2D eigenvalue weighted by Crippen LogP contribution is 2.25. The van der Waals surface area contributed by atoms with Crippen LogP contribution in [-0.4, -0.2) is 37.2 Å². The lowest BCUT2D eigenvalue weighted by Crippen LogP contribution is -2.32. The zero-order valence-electron chi connectivity index (χ0n) is 12.8. The lowest BCUT2D eigenvalue weighted by Gasteiger charge is -2.24. The van der Waals surface area contributed by atoms with Gasteiger partial charge in [0.1, 0.15) is 18.5 Å². The summed E-state index contributed by atoms with van der Waals surface area (Å²) >= 11 is 0. The van der Waals surface area contributed by atoms with Crippen LogP contribution in [0.4, 0.5) is 4.39 Å². The first kappa shape index (κ1) is 14.3. The third kappa shape index (κ3) is 2.82. The van der Waals surface area contributed by atoms with E-state index in [1.54, 1.807) is 37.1 Å². The number of aromatic nitrogens is 4. The second-order valence-electron chi connectivity index (χ2n) is 5.99. The van der Waals surface area contributed by atoms with Crippen molar-refractivity contribution in [2.45, 2.75) is 32.0 Å². The van der Waals surface area contributed by atoms with Crippen LogP contribution in [0.3, 0.4) is 0 Å². The van der Waals surface area contributed by atoms with Gasteiger partial charge in [0.05, 0.1) is 12.1 Å². The average molecular weight is 311 g/mol. The molecule has 6 heteroatoms. The molecule has 1 aliphatic heterocycles. The van der Waals surface area contributed by atoms with Crippen molar-refractivity contribution >= 4 is 10.9 Å². The lowest BCUT2D eigenvalue weighted by molar-refractivity contribution is 0.219. The van der Waals surface area contributed by atoms with Crippen LogP contribution in [0.2, 0.25) is 0 Å². The van der Waals surface area contributed by atoms with Crippen LogP contribution < -0.4 is 0 Å². The summed E-state index contributed by atoms with van der Waals surface area (Å²) in [5.74, 6) is -0.211. The van der Waals surface area contributed by atoms with E-state index in [1.807, 2.05) is 10.7 Å². The number of rotatable bonds is 4. The Bertz CT molecular complexity index is 802. The third-order valence-corrected chi connectivity index (χ3v) is 4.54. The summed E-state index contributed by atoms with van der Waals surface area (Å²) in [6, 6.07) is 7.40. The van der Waals surface area contributed by atoms with Crippen molar-refractivity contribution in [3.63, 3.8) is 0 Å². The van der Waals surface area contributed by atoms with Gasteiger partial charge in [-0.25, -0.2) is 9.37 Å². The molecule has 5 nitrogen and oxygen atoms in total. The Morgan fingerprint density at radius 2 is 2.22 bits per heavy atom. The molecule has 1 unspecified atom stereocenters. The number of hydrogen-bond donors (Lipinski definition) is 0. The van der Waals surface area contributed by atoms with Crippen molar-refractivity contribution in [2.75, 3.05) is 6.54 Å². The van der Waals surface area contributed by atoms with E-state index < -0.39 is 0 Å². The van der Waals surface area contributed by atoms with E-state index in [0.29, 0.717) is 11.4 Å². The second kappa shape index (κ2) is 6.04. The fourth-order valence-electron chi connectivity index (χ4n) is 3.40. The van der Waals surface area contributed by atoms with Gasteiger partial charge in [-0.2, -0.15) is 5.10 Å². The molecule has 1 saturated heterocycles. The molecular weight excluding hydrogens is 293 g/mol. The summed E-state index contributed by atoms with van der Waals surface area (Å²) in [5, 5.41) is 4.79. The van der Waals surface area contributed by atoms with E-state index in [4.69, 9.17) is 0 Å². The van der Waals surface area contributed by atoms with Gasteiger partial charge in [0, 0.05) is 24.2 Å². The molecule has 0 aliphatic carbocycles. The summed E-state index contributed by atoms with van der Waals surface area (Å²) in [6.07, 6.45) is 7.36. The van der Waals surface area contributed by atoms with Crippen LogP contribution >= 0.6 is 0 Å². The summed E-state index contributed by atoms with van der Waals surface area (Å²) in [4.78, 5) is 10.8. The molecule has 0 N–H and O–H groups in total. The number of nitrogens with zero attached hydrogens (tertiary/aromatic N) is 5. The molecule has 1 atom stereocenters. The Balaban J connectivity index is 1.59. The monoisotopic (exact) mass is 311 g/mol. The predicted molar refractivity (Wildman–Crippen MR) is 85.2 cm³/mol. The average Bonchev–Trinajstić information content (AvgIpc) is 3.23. The third-order valence-electron chi connectivity index (χ3n) is 4.54. The number of benzene rings is 1. The van der Waals surface area contributed by atoms with E-state index in [1.165, 1.54) is 6.42 Å². The summed E-state index contributed by atoms with van der Waals surface area (Å²) < 4.78 is 15.8. The van der Waals surface area contributed by atoms with Gasteiger partial charge in [0.25, 0.3) is 0 Å². The van der Waals surface area contributed by atoms with Crippen molar-refractivity contribution < 1.29 is 4.39 Å². The van der Waals surface area contributed by atoms with Gasteiger partial charge < -0.3 is 0 Å². The molecule has 4 rings (SSSR count). The molecule has 0 radical (unpaired) electrons. The topological polar surface area (TPSA) is 46.8 Å². The normalized spacial score (nSPS) is 18.7. The molecule has 0 amide bonds. The number of likely N-dealkylation sites (tertiary alicyclic amines) is 1.